The number of rotatable bonds is 2. The van der Waals surface area contributed by atoms with E-state index in [1.807, 2.05) is 0 Å². The normalized spacial score (nSPS) is 41.2. The smallest absolute Gasteiger partial charge is 0.407 e. The van der Waals surface area contributed by atoms with Crippen molar-refractivity contribution in [3.05, 3.63) is 0 Å². The van der Waals surface area contributed by atoms with Crippen molar-refractivity contribution in [3.63, 3.8) is 0 Å². The number of carbonyl (C=O) groups is 2. The molecule has 0 aromatic heterocycles. The van der Waals surface area contributed by atoms with E-state index in [9.17, 15) is 9.59 Å². The number of urea groups is 1. The largest absolute Gasteiger partial charge is 0.465 e. The maximum absolute atomic E-state index is 12.6. The summed E-state index contributed by atoms with van der Waals surface area (Å²) in [5, 5.41) is 12.4. The number of carbonyl (C=O) groups excluding carboxylic acids is 1. The zero-order valence-corrected chi connectivity index (χ0v) is 13.8. The standard InChI is InChI=1S/C17H27N3O3/c1-19(17(22)23)14-2-3-20(9-14)16(21)18-15-12-5-10-4-11(7-12)8-13(15)6-10/h10-15H,2-9H2,1H3,(H,18,21)(H,22,23). The van der Waals surface area contributed by atoms with E-state index in [1.165, 1.54) is 37.0 Å². The number of likely N-dealkylation sites (N-methyl/N-ethyl adjacent to an activating group) is 1. The van der Waals surface area contributed by atoms with E-state index in [1.54, 1.807) is 11.9 Å². The highest BCUT2D eigenvalue weighted by atomic mass is 16.4. The fraction of sp³-hybridized carbons (Fsp3) is 0.882. The highest BCUT2D eigenvalue weighted by Gasteiger charge is 2.49. The van der Waals surface area contributed by atoms with Crippen molar-refractivity contribution in [1.82, 2.24) is 15.1 Å². The molecule has 4 bridgehead atoms. The topological polar surface area (TPSA) is 72.9 Å². The maximum Gasteiger partial charge on any atom is 0.407 e. The van der Waals surface area contributed by atoms with Crippen LogP contribution in [0, 0.1) is 23.7 Å². The Bertz CT molecular complexity index is 481. The molecular weight excluding hydrogens is 294 g/mol. The van der Waals surface area contributed by atoms with Crippen molar-refractivity contribution in [2.75, 3.05) is 20.1 Å². The van der Waals surface area contributed by atoms with E-state index in [0.717, 1.165) is 18.3 Å². The Morgan fingerprint density at radius 2 is 1.70 bits per heavy atom. The number of likely N-dealkylation sites (tertiary alicyclic amines) is 1. The van der Waals surface area contributed by atoms with Crippen LogP contribution in [0.5, 0.6) is 0 Å². The summed E-state index contributed by atoms with van der Waals surface area (Å²) in [5.41, 5.74) is 0. The molecule has 0 aromatic rings. The van der Waals surface area contributed by atoms with Gasteiger partial charge in [-0.3, -0.25) is 0 Å². The van der Waals surface area contributed by atoms with E-state index in [-0.39, 0.29) is 12.1 Å². The van der Waals surface area contributed by atoms with Gasteiger partial charge in [0.05, 0.1) is 6.04 Å². The summed E-state index contributed by atoms with van der Waals surface area (Å²) in [6.07, 6.45) is 6.41. The first-order valence-corrected chi connectivity index (χ1v) is 9.02. The monoisotopic (exact) mass is 321 g/mol. The van der Waals surface area contributed by atoms with Crippen LogP contribution in [0.1, 0.15) is 38.5 Å². The van der Waals surface area contributed by atoms with E-state index < -0.39 is 6.09 Å². The van der Waals surface area contributed by atoms with Gasteiger partial charge in [-0.15, -0.1) is 0 Å². The summed E-state index contributed by atoms with van der Waals surface area (Å²) in [6, 6.07) is 0.298. The zero-order chi connectivity index (χ0) is 16.1. The molecule has 5 rings (SSSR count). The second-order valence-corrected chi connectivity index (χ2v) is 8.19. The van der Waals surface area contributed by atoms with Gasteiger partial charge >= 0.3 is 12.1 Å². The van der Waals surface area contributed by atoms with E-state index in [0.29, 0.717) is 31.0 Å². The maximum atomic E-state index is 12.6. The lowest BCUT2D eigenvalue weighted by atomic mass is 9.54. The fourth-order valence-electron chi connectivity index (χ4n) is 5.79. The second-order valence-electron chi connectivity index (χ2n) is 8.19. The van der Waals surface area contributed by atoms with Crippen molar-refractivity contribution in [1.29, 1.82) is 0 Å². The number of hydrogen-bond acceptors (Lipinski definition) is 2. The highest BCUT2D eigenvalue weighted by molar-refractivity contribution is 5.75. The third-order valence-corrected chi connectivity index (χ3v) is 6.82. The van der Waals surface area contributed by atoms with Gasteiger partial charge in [0, 0.05) is 26.2 Å². The van der Waals surface area contributed by atoms with Crippen LogP contribution >= 0.6 is 0 Å². The summed E-state index contributed by atoms with van der Waals surface area (Å²) in [5.74, 6) is 3.17. The minimum absolute atomic E-state index is 0.0174. The van der Waals surface area contributed by atoms with Crippen LogP contribution < -0.4 is 5.32 Å². The minimum atomic E-state index is -0.918. The lowest BCUT2D eigenvalue weighted by Gasteiger charge is -2.54. The Balaban J connectivity index is 1.35. The van der Waals surface area contributed by atoms with Gasteiger partial charge in [-0.05, 0) is 62.2 Å². The van der Waals surface area contributed by atoms with Crippen LogP contribution in [0.2, 0.25) is 0 Å². The molecule has 1 aliphatic heterocycles. The van der Waals surface area contributed by atoms with E-state index in [4.69, 9.17) is 5.11 Å². The molecular formula is C17H27N3O3. The molecule has 5 aliphatic rings. The molecule has 4 saturated carbocycles. The number of hydrogen-bond donors (Lipinski definition) is 2. The molecule has 1 saturated heterocycles. The summed E-state index contributed by atoms with van der Waals surface area (Å²) in [7, 11) is 1.59. The van der Waals surface area contributed by atoms with Gasteiger partial charge in [0.25, 0.3) is 0 Å². The van der Waals surface area contributed by atoms with Crippen molar-refractivity contribution in [2.45, 2.75) is 50.6 Å². The quantitative estimate of drug-likeness (QED) is 0.819. The molecule has 6 heteroatoms. The Morgan fingerprint density at radius 3 is 2.26 bits per heavy atom. The third kappa shape index (κ3) is 2.66. The summed E-state index contributed by atoms with van der Waals surface area (Å²) >= 11 is 0. The number of amides is 3. The number of nitrogens with zero attached hydrogens (tertiary/aromatic N) is 2. The van der Waals surface area contributed by atoms with Gasteiger partial charge < -0.3 is 20.2 Å². The van der Waals surface area contributed by atoms with Gasteiger partial charge in [0.1, 0.15) is 0 Å². The second kappa shape index (κ2) is 5.56. The third-order valence-electron chi connectivity index (χ3n) is 6.82. The first kappa shape index (κ1) is 15.1. The first-order chi connectivity index (χ1) is 11.0. The van der Waals surface area contributed by atoms with E-state index in [2.05, 4.69) is 5.32 Å². The molecule has 4 aliphatic carbocycles. The Kier molecular flexibility index (Phi) is 3.65. The molecule has 23 heavy (non-hydrogen) atoms. The van der Waals surface area contributed by atoms with Gasteiger partial charge in [-0.25, -0.2) is 9.59 Å². The average Bonchev–Trinajstić information content (AvgIpc) is 2.99. The zero-order valence-electron chi connectivity index (χ0n) is 13.8. The molecule has 0 radical (unpaired) electrons. The molecule has 5 fully saturated rings. The van der Waals surface area contributed by atoms with Crippen molar-refractivity contribution < 1.29 is 14.7 Å². The predicted octanol–water partition coefficient (Wildman–Crippen LogP) is 2.20. The molecule has 1 unspecified atom stereocenters. The van der Waals surface area contributed by atoms with Gasteiger partial charge in [-0.2, -0.15) is 0 Å². The average molecular weight is 321 g/mol. The van der Waals surface area contributed by atoms with Crippen molar-refractivity contribution in [2.24, 2.45) is 23.7 Å². The Hall–Kier alpha value is -1.46. The van der Waals surface area contributed by atoms with Crippen molar-refractivity contribution in [3.8, 4) is 0 Å². The molecule has 0 aromatic carbocycles. The fourth-order valence-corrected chi connectivity index (χ4v) is 5.79. The molecule has 0 spiro atoms. The van der Waals surface area contributed by atoms with Crippen LogP contribution in [0.3, 0.4) is 0 Å². The first-order valence-electron chi connectivity index (χ1n) is 9.02. The molecule has 2 N–H and O–H groups in total. The Labute approximate surface area is 137 Å². The van der Waals surface area contributed by atoms with Crippen LogP contribution in [-0.2, 0) is 0 Å². The molecule has 128 valence electrons. The summed E-state index contributed by atoms with van der Waals surface area (Å²) < 4.78 is 0. The van der Waals surface area contributed by atoms with Gasteiger partial charge in [-0.1, -0.05) is 0 Å². The Morgan fingerprint density at radius 1 is 1.09 bits per heavy atom. The van der Waals surface area contributed by atoms with Crippen LogP contribution in [-0.4, -0.2) is 59.3 Å². The van der Waals surface area contributed by atoms with Crippen LogP contribution in [0.4, 0.5) is 9.59 Å². The van der Waals surface area contributed by atoms with Crippen LogP contribution in [0.15, 0.2) is 0 Å². The summed E-state index contributed by atoms with van der Waals surface area (Å²) in [4.78, 5) is 26.8. The molecule has 1 heterocycles. The minimum Gasteiger partial charge on any atom is -0.465 e. The number of carboxylic acid groups (broad SMARTS) is 1. The van der Waals surface area contributed by atoms with Crippen molar-refractivity contribution >= 4 is 12.1 Å². The molecule has 6 nitrogen and oxygen atoms in total. The van der Waals surface area contributed by atoms with E-state index >= 15 is 0 Å². The highest BCUT2D eigenvalue weighted by Crippen LogP contribution is 2.53. The SMILES string of the molecule is CN(C(=O)O)C1CCN(C(=O)NC2C3CC4CC(C3)CC2C4)C1. The van der Waals surface area contributed by atoms with Gasteiger partial charge in [0.15, 0.2) is 0 Å². The molecule has 1 atom stereocenters. The molecule has 3 amide bonds. The van der Waals surface area contributed by atoms with Crippen LogP contribution in [0.25, 0.3) is 0 Å². The lowest BCUT2D eigenvalue weighted by Crippen LogP contribution is -2.57. The van der Waals surface area contributed by atoms with Gasteiger partial charge in [0.2, 0.25) is 0 Å². The lowest BCUT2D eigenvalue weighted by molar-refractivity contribution is -0.0108. The summed E-state index contributed by atoms with van der Waals surface area (Å²) in [6.45, 7) is 1.17. The number of nitrogens with one attached hydrogen (secondary N) is 1. The predicted molar refractivity (Wildman–Crippen MR) is 85.1 cm³/mol.